The summed E-state index contributed by atoms with van der Waals surface area (Å²) >= 11 is 0. The third-order valence-corrected chi connectivity index (χ3v) is 4.18. The minimum Gasteiger partial charge on any atom is -0.454 e. The van der Waals surface area contributed by atoms with E-state index in [1.54, 1.807) is 0 Å². The number of likely N-dealkylation sites (tertiary alicyclic amines) is 1. The van der Waals surface area contributed by atoms with Crippen molar-refractivity contribution in [2.75, 3.05) is 6.79 Å². The van der Waals surface area contributed by atoms with E-state index in [0.717, 1.165) is 11.1 Å². The molecule has 5 nitrogen and oxygen atoms in total. The molecule has 0 saturated carbocycles. The highest BCUT2D eigenvalue weighted by Gasteiger charge is 2.37. The fraction of sp³-hybridized carbons (Fsp3) is 0.222. The van der Waals surface area contributed by atoms with Crippen molar-refractivity contribution in [2.45, 2.75) is 18.9 Å². The molecule has 1 fully saturated rings. The second kappa shape index (κ2) is 5.43. The van der Waals surface area contributed by atoms with Gasteiger partial charge in [0.1, 0.15) is 0 Å². The molecular weight excluding hydrogens is 294 g/mol. The van der Waals surface area contributed by atoms with Gasteiger partial charge in [0, 0.05) is 12.8 Å². The van der Waals surface area contributed by atoms with Crippen molar-refractivity contribution in [3.8, 4) is 11.5 Å². The lowest BCUT2D eigenvalue weighted by atomic mass is 9.97. The fourth-order valence-corrected chi connectivity index (χ4v) is 3.09. The van der Waals surface area contributed by atoms with Crippen LogP contribution in [0.3, 0.4) is 0 Å². The van der Waals surface area contributed by atoms with Crippen molar-refractivity contribution >= 4 is 11.8 Å². The molecule has 0 radical (unpaired) electrons. The maximum atomic E-state index is 12.3. The Morgan fingerprint density at radius 2 is 1.52 bits per heavy atom. The molecule has 2 aliphatic rings. The minimum absolute atomic E-state index is 0.137. The fourth-order valence-electron chi connectivity index (χ4n) is 3.09. The Kier molecular flexibility index (Phi) is 3.26. The Morgan fingerprint density at radius 3 is 2.26 bits per heavy atom. The summed E-state index contributed by atoms with van der Waals surface area (Å²) in [5.41, 5.74) is 1.74. The second-order valence-corrected chi connectivity index (χ2v) is 5.58. The summed E-state index contributed by atoms with van der Waals surface area (Å²) in [5, 5.41) is 0. The van der Waals surface area contributed by atoms with Crippen molar-refractivity contribution in [2.24, 2.45) is 0 Å². The molecule has 2 aromatic carbocycles. The van der Waals surface area contributed by atoms with Crippen LogP contribution in [0.15, 0.2) is 48.5 Å². The summed E-state index contributed by atoms with van der Waals surface area (Å²) in [5.74, 6) is 1.05. The Bertz CT molecular complexity index is 756. The van der Waals surface area contributed by atoms with Crippen molar-refractivity contribution < 1.29 is 19.1 Å². The van der Waals surface area contributed by atoms with Gasteiger partial charge in [-0.15, -0.1) is 0 Å². The zero-order chi connectivity index (χ0) is 15.8. The number of hydrogen-bond donors (Lipinski definition) is 0. The van der Waals surface area contributed by atoms with E-state index in [0.29, 0.717) is 11.5 Å². The highest BCUT2D eigenvalue weighted by Crippen LogP contribution is 2.39. The molecule has 23 heavy (non-hydrogen) atoms. The van der Waals surface area contributed by atoms with Gasteiger partial charge in [-0.3, -0.25) is 14.5 Å². The minimum atomic E-state index is -0.437. The highest BCUT2D eigenvalue weighted by molar-refractivity contribution is 6.02. The molecule has 2 aromatic rings. The molecule has 116 valence electrons. The second-order valence-electron chi connectivity index (χ2n) is 5.58. The van der Waals surface area contributed by atoms with Crippen LogP contribution in [0, 0.1) is 0 Å². The predicted octanol–water partition coefficient (Wildman–Crippen LogP) is 2.65. The number of carbonyl (C=O) groups excluding carboxylic acids is 2. The van der Waals surface area contributed by atoms with Crippen molar-refractivity contribution in [1.82, 2.24) is 4.90 Å². The quantitative estimate of drug-likeness (QED) is 0.818. The number of carbonyl (C=O) groups is 2. The van der Waals surface area contributed by atoms with Gasteiger partial charge in [-0.05, 0) is 23.3 Å². The van der Waals surface area contributed by atoms with Crippen LogP contribution in [0.25, 0.3) is 0 Å². The standard InChI is InChI=1S/C18H15NO4/c20-16-8-9-17(21)19(16)18(12-4-2-1-3-5-12)13-6-7-14-15(10-13)23-11-22-14/h1-7,10,18H,8-9,11H2. The van der Waals surface area contributed by atoms with E-state index in [-0.39, 0.29) is 31.4 Å². The van der Waals surface area contributed by atoms with Gasteiger partial charge < -0.3 is 9.47 Å². The number of fused-ring (bicyclic) bond motifs is 1. The summed E-state index contributed by atoms with van der Waals surface area (Å²) in [4.78, 5) is 25.9. The average molecular weight is 309 g/mol. The normalized spacial score (nSPS) is 17.7. The van der Waals surface area contributed by atoms with E-state index in [9.17, 15) is 9.59 Å². The van der Waals surface area contributed by atoms with E-state index in [2.05, 4.69) is 0 Å². The number of ether oxygens (including phenoxy) is 2. The molecule has 0 bridgehead atoms. The van der Waals surface area contributed by atoms with Crippen LogP contribution in [0.1, 0.15) is 30.0 Å². The monoisotopic (exact) mass is 309 g/mol. The summed E-state index contributed by atoms with van der Waals surface area (Å²) in [7, 11) is 0. The first-order chi connectivity index (χ1) is 11.2. The maximum Gasteiger partial charge on any atom is 0.231 e. The largest absolute Gasteiger partial charge is 0.454 e. The van der Waals surface area contributed by atoms with Crippen LogP contribution in [0.2, 0.25) is 0 Å². The topological polar surface area (TPSA) is 55.8 Å². The van der Waals surface area contributed by atoms with Crippen LogP contribution < -0.4 is 9.47 Å². The van der Waals surface area contributed by atoms with Crippen molar-refractivity contribution in [1.29, 1.82) is 0 Å². The molecule has 0 aromatic heterocycles. The van der Waals surface area contributed by atoms with E-state index in [1.165, 1.54) is 4.90 Å². The summed E-state index contributed by atoms with van der Waals surface area (Å²) < 4.78 is 10.8. The molecule has 0 spiro atoms. The first-order valence-electron chi connectivity index (χ1n) is 7.53. The third-order valence-electron chi connectivity index (χ3n) is 4.18. The van der Waals surface area contributed by atoms with Crippen LogP contribution >= 0.6 is 0 Å². The number of nitrogens with zero attached hydrogens (tertiary/aromatic N) is 1. The Labute approximate surface area is 133 Å². The van der Waals surface area contributed by atoms with Gasteiger partial charge in [-0.1, -0.05) is 36.4 Å². The van der Waals surface area contributed by atoms with E-state index in [4.69, 9.17) is 9.47 Å². The summed E-state index contributed by atoms with van der Waals surface area (Å²) in [6, 6.07) is 14.7. The number of rotatable bonds is 3. The molecule has 1 saturated heterocycles. The molecule has 0 aliphatic carbocycles. The summed E-state index contributed by atoms with van der Waals surface area (Å²) in [6.07, 6.45) is 0.541. The first kappa shape index (κ1) is 13.8. The zero-order valence-corrected chi connectivity index (χ0v) is 12.4. The van der Waals surface area contributed by atoms with Gasteiger partial charge in [-0.2, -0.15) is 0 Å². The van der Waals surface area contributed by atoms with Gasteiger partial charge in [0.25, 0.3) is 0 Å². The number of imide groups is 1. The number of benzene rings is 2. The molecule has 2 heterocycles. The van der Waals surface area contributed by atoms with E-state index < -0.39 is 6.04 Å². The SMILES string of the molecule is O=C1CCC(=O)N1C(c1ccccc1)c1ccc2c(c1)OCO2. The van der Waals surface area contributed by atoms with Crippen LogP contribution in [0.5, 0.6) is 11.5 Å². The van der Waals surface area contributed by atoms with Gasteiger partial charge in [0.15, 0.2) is 11.5 Å². The Hall–Kier alpha value is -2.82. The lowest BCUT2D eigenvalue weighted by Gasteiger charge is -2.27. The predicted molar refractivity (Wildman–Crippen MR) is 81.9 cm³/mol. The van der Waals surface area contributed by atoms with Gasteiger partial charge in [0.05, 0.1) is 6.04 Å². The molecular formula is C18H15NO4. The van der Waals surface area contributed by atoms with Crippen molar-refractivity contribution in [3.63, 3.8) is 0 Å². The van der Waals surface area contributed by atoms with E-state index >= 15 is 0 Å². The van der Waals surface area contributed by atoms with Gasteiger partial charge >= 0.3 is 0 Å². The molecule has 1 atom stereocenters. The molecule has 1 unspecified atom stereocenters. The van der Waals surface area contributed by atoms with Gasteiger partial charge in [0.2, 0.25) is 18.6 Å². The lowest BCUT2D eigenvalue weighted by molar-refractivity contribution is -0.140. The molecule has 2 amide bonds. The van der Waals surface area contributed by atoms with Crippen LogP contribution in [-0.4, -0.2) is 23.5 Å². The number of amides is 2. The molecule has 4 rings (SSSR count). The molecule has 2 aliphatic heterocycles. The van der Waals surface area contributed by atoms with Crippen molar-refractivity contribution in [3.05, 3.63) is 59.7 Å². The number of hydrogen-bond acceptors (Lipinski definition) is 4. The smallest absolute Gasteiger partial charge is 0.231 e. The first-order valence-corrected chi connectivity index (χ1v) is 7.53. The van der Waals surface area contributed by atoms with Gasteiger partial charge in [-0.25, -0.2) is 0 Å². The van der Waals surface area contributed by atoms with Crippen LogP contribution in [0.4, 0.5) is 0 Å². The average Bonchev–Trinajstić information content (AvgIpc) is 3.17. The van der Waals surface area contributed by atoms with E-state index in [1.807, 2.05) is 48.5 Å². The Morgan fingerprint density at radius 1 is 0.826 bits per heavy atom. The van der Waals surface area contributed by atoms with Crippen LogP contribution in [-0.2, 0) is 9.59 Å². The highest BCUT2D eigenvalue weighted by atomic mass is 16.7. The summed E-state index contributed by atoms with van der Waals surface area (Å²) in [6.45, 7) is 0.191. The third kappa shape index (κ3) is 2.34. The lowest BCUT2D eigenvalue weighted by Crippen LogP contribution is -2.34. The molecule has 0 N–H and O–H groups in total. The maximum absolute atomic E-state index is 12.3. The Balaban J connectivity index is 1.82. The molecule has 5 heteroatoms. The zero-order valence-electron chi connectivity index (χ0n) is 12.4.